The second kappa shape index (κ2) is 32.6. The molecule has 690 valence electrons. The van der Waals surface area contributed by atoms with Crippen molar-refractivity contribution >= 4 is 176 Å². The number of hydrogen-bond donors (Lipinski definition) is 0. The number of thiophene rings is 3. The molecule has 9 nitrogen and oxygen atoms in total. The number of aromatic nitrogens is 9. The van der Waals surface area contributed by atoms with Gasteiger partial charge in [-0.05, 0) is 222 Å². The van der Waals surface area contributed by atoms with Crippen molar-refractivity contribution in [2.24, 2.45) is 0 Å². The van der Waals surface area contributed by atoms with Crippen LogP contribution in [0.25, 0.3) is 265 Å². The lowest BCUT2D eigenvalue weighted by Crippen LogP contribution is -2.25. The van der Waals surface area contributed by atoms with Crippen molar-refractivity contribution < 1.29 is 0 Å². The van der Waals surface area contributed by atoms with Crippen LogP contribution in [0.2, 0.25) is 0 Å². The Morgan fingerprint density at radius 2 is 0.500 bits per heavy atom. The zero-order chi connectivity index (χ0) is 97.3. The van der Waals surface area contributed by atoms with Crippen LogP contribution in [-0.2, 0) is 10.8 Å². The molecule has 9 aromatic heterocycles. The molecule has 0 unspecified atom stereocenters. The van der Waals surface area contributed by atoms with Gasteiger partial charge in [-0.2, -0.15) is 0 Å². The smallest absolute Gasteiger partial charge is 0.169 e. The van der Waals surface area contributed by atoms with E-state index in [1.807, 2.05) is 34.0 Å². The molecule has 0 fully saturated rings. The molecule has 0 aliphatic heterocycles. The Morgan fingerprint density at radius 3 is 0.966 bits per heavy atom. The molecule has 3 aliphatic rings. The maximum absolute atomic E-state index is 5.01. The van der Waals surface area contributed by atoms with Crippen molar-refractivity contribution in [3.8, 4) is 123 Å². The first-order valence-corrected chi connectivity index (χ1v) is 52.9. The lowest BCUT2D eigenvalue weighted by molar-refractivity contribution is 0.660. The minimum atomic E-state index is -0.431. The largest absolute Gasteiger partial charge is 0.281 e. The first-order chi connectivity index (χ1) is 73.1. The fourth-order valence-electron chi connectivity index (χ4n) is 25.0. The molecule has 0 saturated carbocycles. The molecule has 0 saturated heterocycles. The summed E-state index contributed by atoms with van der Waals surface area (Å²) in [6.07, 6.45) is 1.80. The van der Waals surface area contributed by atoms with Gasteiger partial charge in [0.25, 0.3) is 0 Å². The van der Waals surface area contributed by atoms with Gasteiger partial charge in [0.15, 0.2) is 28.6 Å². The summed E-state index contributed by atoms with van der Waals surface area (Å²) in [5, 5.41) is 46.5. The van der Waals surface area contributed by atoms with Gasteiger partial charge in [0, 0.05) is 109 Å². The van der Waals surface area contributed by atoms with Crippen LogP contribution in [0.1, 0.15) is 47.2 Å². The second-order valence-corrected chi connectivity index (χ2v) is 43.0. The predicted molar refractivity (Wildman–Crippen MR) is 620 cm³/mol. The summed E-state index contributed by atoms with van der Waals surface area (Å²) in [6, 6.07) is 169. The number of pyridine rings is 3. The minimum absolute atomic E-state index is 0.0912. The molecule has 148 heavy (non-hydrogen) atoms. The van der Waals surface area contributed by atoms with E-state index in [4.69, 9.17) is 20.4 Å². The number of benzene rings is 21. The molecule has 3 aliphatic carbocycles. The lowest BCUT2D eigenvalue weighted by atomic mass is 9.70. The average Bonchev–Trinajstić information content (AvgIpc) is 1.50. The van der Waals surface area contributed by atoms with Gasteiger partial charge in [-0.25, -0.2) is 0 Å². The summed E-state index contributed by atoms with van der Waals surface area (Å²) in [4.78, 5) is 0. The van der Waals surface area contributed by atoms with Crippen LogP contribution >= 0.6 is 34.0 Å². The molecule has 30 aromatic rings. The van der Waals surface area contributed by atoms with Gasteiger partial charge < -0.3 is 0 Å². The van der Waals surface area contributed by atoms with Crippen molar-refractivity contribution in [1.29, 1.82) is 0 Å². The van der Waals surface area contributed by atoms with Crippen molar-refractivity contribution in [3.05, 3.63) is 501 Å². The molecule has 0 amide bonds. The average molecular weight is 1940 g/mol. The van der Waals surface area contributed by atoms with Crippen molar-refractivity contribution in [2.45, 2.75) is 24.7 Å². The number of rotatable bonds is 8. The first kappa shape index (κ1) is 84.2. The van der Waals surface area contributed by atoms with Crippen molar-refractivity contribution in [1.82, 2.24) is 43.8 Å². The quantitative estimate of drug-likeness (QED) is 0.141. The maximum Gasteiger partial charge on any atom is 0.169 e. The Kier molecular flexibility index (Phi) is 18.6. The molecular formula is C136H83N9S3. The zero-order valence-corrected chi connectivity index (χ0v) is 82.7. The standard InChI is InChI=1S/C57H33N3S.C47H31N3S.C32H19N3S/c1-2-17-46-39(12-1)47-32-36(34-24-26-35(27-25-34)38-18-11-19-45-44-16-6-10-23-53(44)61-54(38)45)29-31-52(47)60-55(58-59-56(46)60)37-28-30-43-42-15-5-9-22-50(42)57(51(43)33-37)48-20-7-3-13-40(48)41-14-4-8-21-49(41)57;1-47(2)40-16-7-5-11-34(40)35-24-22-31(27-41(35)47)45-48-49-46-38-13-4-3-10-33(38)39-26-30(23-25-42(39)50(45)46)28-18-20-29(21-19-28)32-14-9-15-37-36-12-6-8-17-43(36)51-44(32)37;1-2-11-27-24(9-1)28-18-21(15-16-29(28)35-19-33-34-32(27)35)20-7-5-8-22(17-20)23-12-6-13-26-25-10-3-4-14-30(25)36-31(23)26/h1-33H;3-27H,1-2H3;1-19H. The normalized spacial score (nSPS) is 13.0. The number of fused-ring (bicyclic) bond motifs is 40. The monoisotopic (exact) mass is 1940 g/mol. The highest BCUT2D eigenvalue weighted by atomic mass is 32.1. The number of nitrogens with zero attached hydrogens (tertiary/aromatic N) is 9. The molecule has 9 heterocycles. The van der Waals surface area contributed by atoms with E-state index in [0.29, 0.717) is 0 Å². The van der Waals surface area contributed by atoms with Crippen LogP contribution in [0.3, 0.4) is 0 Å². The Bertz CT molecular complexity index is 10900. The lowest BCUT2D eigenvalue weighted by Gasteiger charge is -2.30. The van der Waals surface area contributed by atoms with E-state index in [-0.39, 0.29) is 5.41 Å². The maximum atomic E-state index is 5.01. The molecule has 0 radical (unpaired) electrons. The molecule has 33 rings (SSSR count). The van der Waals surface area contributed by atoms with E-state index in [9.17, 15) is 0 Å². The predicted octanol–water partition coefficient (Wildman–Crippen LogP) is 36.2. The van der Waals surface area contributed by atoms with Gasteiger partial charge in [-0.1, -0.05) is 402 Å². The highest BCUT2D eigenvalue weighted by Gasteiger charge is 2.52. The van der Waals surface area contributed by atoms with Crippen LogP contribution in [0.5, 0.6) is 0 Å². The molecule has 0 bridgehead atoms. The van der Waals surface area contributed by atoms with Crippen LogP contribution in [0.4, 0.5) is 0 Å². The third-order valence-electron chi connectivity index (χ3n) is 31.9. The summed E-state index contributed by atoms with van der Waals surface area (Å²) < 4.78 is 14.6. The minimum Gasteiger partial charge on any atom is -0.281 e. The van der Waals surface area contributed by atoms with Crippen molar-refractivity contribution in [2.75, 3.05) is 0 Å². The molecule has 0 N–H and O–H groups in total. The summed E-state index contributed by atoms with van der Waals surface area (Å²) in [5.74, 6) is 1.70. The van der Waals surface area contributed by atoms with E-state index >= 15 is 0 Å². The molecular weight excluding hydrogens is 1860 g/mol. The summed E-state index contributed by atoms with van der Waals surface area (Å²) in [6.45, 7) is 4.65. The van der Waals surface area contributed by atoms with Crippen LogP contribution in [-0.4, -0.2) is 43.8 Å². The Hall–Kier alpha value is -18.3. The van der Waals surface area contributed by atoms with E-state index in [1.165, 1.54) is 226 Å². The van der Waals surface area contributed by atoms with E-state index in [2.05, 4.69) is 498 Å². The fourth-order valence-corrected chi connectivity index (χ4v) is 28.7. The van der Waals surface area contributed by atoms with Gasteiger partial charge >= 0.3 is 0 Å². The van der Waals surface area contributed by atoms with Crippen LogP contribution < -0.4 is 0 Å². The molecule has 0 atom stereocenters. The van der Waals surface area contributed by atoms with E-state index < -0.39 is 5.41 Å². The van der Waals surface area contributed by atoms with Gasteiger partial charge in [0.05, 0.1) is 22.0 Å². The SMILES string of the molecule is CC1(C)c2ccccc2-c2ccc(-c3nnc4c5ccccc5c5cc(-c6ccc(-c7cccc8c7sc7ccccc78)cc6)ccc5n34)cc21.c1cc(-c2ccc3c(c2)c2ccccc2c2nncn32)cc(-c2cccc3c2sc2ccccc23)c1.c1ccc2c(c1)-c1ccccc1C21c2ccccc2-c2ccc(-c3nnc4c5ccccc5c5cc(-c6ccc(-c7cccc8c7sc7ccccc78)cc6)ccc5n34)cc21. The summed E-state index contributed by atoms with van der Waals surface area (Å²) in [7, 11) is 0. The van der Waals surface area contributed by atoms with Crippen LogP contribution in [0, 0.1) is 0 Å². The third kappa shape index (κ3) is 12.5. The van der Waals surface area contributed by atoms with Gasteiger partial charge in [-0.3, -0.25) is 13.2 Å². The van der Waals surface area contributed by atoms with E-state index in [0.717, 1.165) is 72.4 Å². The molecule has 12 heteroatoms. The number of hydrogen-bond acceptors (Lipinski definition) is 9. The first-order valence-electron chi connectivity index (χ1n) is 50.4. The van der Waals surface area contributed by atoms with Crippen molar-refractivity contribution in [3.63, 3.8) is 0 Å². The molecule has 1 spiro atoms. The zero-order valence-electron chi connectivity index (χ0n) is 80.2. The fraction of sp³-hybridized carbons (Fsp3) is 0.0294. The summed E-state index contributed by atoms with van der Waals surface area (Å²) in [5.41, 5.74) is 38.0. The van der Waals surface area contributed by atoms with Gasteiger partial charge in [0.2, 0.25) is 0 Å². The highest BCUT2D eigenvalue weighted by molar-refractivity contribution is 7.27. The van der Waals surface area contributed by atoms with E-state index in [1.54, 1.807) is 6.33 Å². The second-order valence-electron chi connectivity index (χ2n) is 39.9. The summed E-state index contributed by atoms with van der Waals surface area (Å²) >= 11 is 5.63. The Balaban J connectivity index is 0.000000104. The highest BCUT2D eigenvalue weighted by Crippen LogP contribution is 2.64. The van der Waals surface area contributed by atoms with Crippen LogP contribution in [0.15, 0.2) is 467 Å². The third-order valence-corrected chi connectivity index (χ3v) is 35.5. The Morgan fingerprint density at radius 1 is 0.189 bits per heavy atom. The van der Waals surface area contributed by atoms with Gasteiger partial charge in [0.1, 0.15) is 6.33 Å². The molecule has 21 aromatic carbocycles. The Labute approximate surface area is 861 Å². The van der Waals surface area contributed by atoms with Gasteiger partial charge in [-0.15, -0.1) is 64.6 Å². The topological polar surface area (TPSA) is 90.6 Å².